The summed E-state index contributed by atoms with van der Waals surface area (Å²) in [6, 6.07) is 19.9. The van der Waals surface area contributed by atoms with Crippen molar-refractivity contribution in [1.29, 1.82) is 0 Å². The Hall–Kier alpha value is -3.54. The molecule has 1 heterocycles. The van der Waals surface area contributed by atoms with Gasteiger partial charge in [-0.15, -0.1) is 5.10 Å². The van der Waals surface area contributed by atoms with Crippen molar-refractivity contribution in [1.82, 2.24) is 20.2 Å². The van der Waals surface area contributed by atoms with Crippen LogP contribution in [0, 0.1) is 13.8 Å². The number of nitrogens with zero attached hydrogens (tertiary/aromatic N) is 4. The van der Waals surface area contributed by atoms with Crippen molar-refractivity contribution in [3.63, 3.8) is 0 Å². The summed E-state index contributed by atoms with van der Waals surface area (Å²) in [6.45, 7) is 3.82. The predicted octanol–water partition coefficient (Wildman–Crippen LogP) is 3.61. The second-order valence-electron chi connectivity index (χ2n) is 6.55. The second-order valence-corrected chi connectivity index (χ2v) is 6.55. The predicted molar refractivity (Wildman–Crippen MR) is 105 cm³/mol. The number of aromatic nitrogens is 4. The van der Waals surface area contributed by atoms with Gasteiger partial charge in [0.1, 0.15) is 0 Å². The van der Waals surface area contributed by atoms with Gasteiger partial charge in [-0.1, -0.05) is 48.5 Å². The quantitative estimate of drug-likeness (QED) is 0.605. The maximum absolute atomic E-state index is 12.5. The summed E-state index contributed by atoms with van der Waals surface area (Å²) >= 11 is 0. The Balaban J connectivity index is 1.53. The van der Waals surface area contributed by atoms with E-state index in [9.17, 15) is 4.79 Å². The van der Waals surface area contributed by atoms with Gasteiger partial charge in [0, 0.05) is 5.69 Å². The molecule has 4 aromatic rings. The molecule has 134 valence electrons. The Morgan fingerprint density at radius 1 is 1.00 bits per heavy atom. The zero-order valence-electron chi connectivity index (χ0n) is 15.2. The van der Waals surface area contributed by atoms with Gasteiger partial charge in [-0.25, -0.2) is 0 Å². The minimum absolute atomic E-state index is 0.0616. The molecule has 0 bridgehead atoms. The number of nitrogens with one attached hydrogen (secondary N) is 1. The Labute approximate surface area is 156 Å². The van der Waals surface area contributed by atoms with Gasteiger partial charge in [0.25, 0.3) is 0 Å². The van der Waals surface area contributed by atoms with Crippen LogP contribution in [0.1, 0.15) is 17.0 Å². The lowest BCUT2D eigenvalue weighted by Crippen LogP contribution is -2.15. The number of benzene rings is 3. The lowest BCUT2D eigenvalue weighted by Gasteiger charge is -2.11. The van der Waals surface area contributed by atoms with Crippen LogP contribution in [0.15, 0.2) is 60.7 Å². The van der Waals surface area contributed by atoms with Crippen LogP contribution in [0.5, 0.6) is 0 Å². The van der Waals surface area contributed by atoms with Gasteiger partial charge >= 0.3 is 0 Å². The monoisotopic (exact) mass is 357 g/mol. The van der Waals surface area contributed by atoms with Crippen LogP contribution in [-0.4, -0.2) is 26.1 Å². The van der Waals surface area contributed by atoms with Gasteiger partial charge in [-0.05, 0) is 58.3 Å². The fraction of sp³-hybridized carbons (Fsp3) is 0.143. The molecule has 1 aromatic heterocycles. The minimum Gasteiger partial charge on any atom is -0.326 e. The smallest absolute Gasteiger partial charge is 0.228 e. The maximum Gasteiger partial charge on any atom is 0.228 e. The largest absolute Gasteiger partial charge is 0.326 e. The van der Waals surface area contributed by atoms with Gasteiger partial charge in [0.05, 0.1) is 12.1 Å². The molecule has 1 amide bonds. The molecule has 27 heavy (non-hydrogen) atoms. The standard InChI is InChI=1S/C21H19N5O/c1-14-7-10-19(13-20(14)26-15(2)23-24-25-26)22-21(27)12-16-8-9-17-5-3-4-6-18(17)11-16/h3-11,13H,12H2,1-2H3,(H,22,27). The Bertz CT molecular complexity index is 1130. The molecule has 6 nitrogen and oxygen atoms in total. The van der Waals surface area contributed by atoms with Crippen molar-refractivity contribution in [2.45, 2.75) is 20.3 Å². The van der Waals surface area contributed by atoms with E-state index in [0.717, 1.165) is 27.9 Å². The average molecular weight is 357 g/mol. The number of hydrogen-bond acceptors (Lipinski definition) is 4. The molecule has 1 N–H and O–H groups in total. The first-order chi connectivity index (χ1) is 13.1. The van der Waals surface area contributed by atoms with Crippen molar-refractivity contribution in [2.75, 3.05) is 5.32 Å². The second kappa shape index (κ2) is 6.99. The topological polar surface area (TPSA) is 72.7 Å². The summed E-state index contributed by atoms with van der Waals surface area (Å²) in [5, 5.41) is 16.9. The summed E-state index contributed by atoms with van der Waals surface area (Å²) in [7, 11) is 0. The van der Waals surface area contributed by atoms with Gasteiger partial charge < -0.3 is 5.32 Å². The van der Waals surface area contributed by atoms with E-state index < -0.39 is 0 Å². The number of aryl methyl sites for hydroxylation is 2. The molecule has 4 rings (SSSR count). The Morgan fingerprint density at radius 2 is 1.81 bits per heavy atom. The number of fused-ring (bicyclic) bond motifs is 1. The molecule has 0 aliphatic heterocycles. The summed E-state index contributed by atoms with van der Waals surface area (Å²) in [6.07, 6.45) is 0.317. The van der Waals surface area contributed by atoms with E-state index in [2.05, 4.69) is 39.0 Å². The highest BCUT2D eigenvalue weighted by molar-refractivity contribution is 5.93. The molecule has 0 fully saturated rings. The highest BCUT2D eigenvalue weighted by atomic mass is 16.1. The Kier molecular flexibility index (Phi) is 4.38. The lowest BCUT2D eigenvalue weighted by molar-refractivity contribution is -0.115. The normalized spacial score (nSPS) is 10.9. The number of anilines is 1. The molecule has 0 atom stereocenters. The zero-order chi connectivity index (χ0) is 18.8. The molecule has 0 saturated carbocycles. The highest BCUT2D eigenvalue weighted by Crippen LogP contribution is 2.20. The van der Waals surface area contributed by atoms with E-state index in [-0.39, 0.29) is 5.91 Å². The van der Waals surface area contributed by atoms with Crippen LogP contribution < -0.4 is 5.32 Å². The van der Waals surface area contributed by atoms with Crippen molar-refractivity contribution in [3.8, 4) is 5.69 Å². The van der Waals surface area contributed by atoms with E-state index in [0.29, 0.717) is 12.2 Å². The van der Waals surface area contributed by atoms with E-state index >= 15 is 0 Å². The number of carbonyl (C=O) groups excluding carboxylic acids is 1. The molecule has 0 aliphatic carbocycles. The summed E-state index contributed by atoms with van der Waals surface area (Å²) in [5.74, 6) is 0.631. The number of tetrazole rings is 1. The summed E-state index contributed by atoms with van der Waals surface area (Å²) in [5.41, 5.74) is 3.57. The van der Waals surface area contributed by atoms with Crippen molar-refractivity contribution < 1.29 is 4.79 Å². The van der Waals surface area contributed by atoms with E-state index in [1.807, 2.05) is 56.3 Å². The first kappa shape index (κ1) is 16.9. The third-order valence-electron chi connectivity index (χ3n) is 4.53. The number of carbonyl (C=O) groups is 1. The van der Waals surface area contributed by atoms with Crippen molar-refractivity contribution in [2.24, 2.45) is 0 Å². The minimum atomic E-state index is -0.0616. The maximum atomic E-state index is 12.5. The number of hydrogen-bond donors (Lipinski definition) is 1. The fourth-order valence-corrected chi connectivity index (χ4v) is 3.11. The van der Waals surface area contributed by atoms with E-state index in [1.54, 1.807) is 4.68 Å². The average Bonchev–Trinajstić information content (AvgIpc) is 3.09. The molecule has 0 saturated heterocycles. The number of rotatable bonds is 4. The molecule has 6 heteroatoms. The van der Waals surface area contributed by atoms with Crippen molar-refractivity contribution >= 4 is 22.4 Å². The molecule has 3 aromatic carbocycles. The SMILES string of the molecule is Cc1ccc(NC(=O)Cc2ccc3ccccc3c2)cc1-n1nnnc1C. The third kappa shape index (κ3) is 3.55. The van der Waals surface area contributed by atoms with E-state index in [4.69, 9.17) is 0 Å². The summed E-state index contributed by atoms with van der Waals surface area (Å²) < 4.78 is 1.66. The molecule has 0 unspecified atom stereocenters. The highest BCUT2D eigenvalue weighted by Gasteiger charge is 2.10. The van der Waals surface area contributed by atoms with Crippen LogP contribution in [0.25, 0.3) is 16.5 Å². The first-order valence-electron chi connectivity index (χ1n) is 8.74. The van der Waals surface area contributed by atoms with Gasteiger partial charge in [-0.3, -0.25) is 4.79 Å². The fourth-order valence-electron chi connectivity index (χ4n) is 3.11. The molecule has 0 aliphatic rings. The van der Waals surface area contributed by atoms with Crippen molar-refractivity contribution in [3.05, 3.63) is 77.6 Å². The van der Waals surface area contributed by atoms with Crippen LogP contribution in [0.2, 0.25) is 0 Å². The zero-order valence-corrected chi connectivity index (χ0v) is 15.2. The number of amides is 1. The molecule has 0 radical (unpaired) electrons. The summed E-state index contributed by atoms with van der Waals surface area (Å²) in [4.78, 5) is 12.5. The van der Waals surface area contributed by atoms with Gasteiger partial charge in [0.15, 0.2) is 5.82 Å². The third-order valence-corrected chi connectivity index (χ3v) is 4.53. The first-order valence-corrected chi connectivity index (χ1v) is 8.74. The van der Waals surface area contributed by atoms with Gasteiger partial charge in [0.2, 0.25) is 5.91 Å². The van der Waals surface area contributed by atoms with Crippen LogP contribution in [0.4, 0.5) is 5.69 Å². The molecule has 0 spiro atoms. The van der Waals surface area contributed by atoms with E-state index in [1.165, 1.54) is 5.39 Å². The Morgan fingerprint density at radius 3 is 2.59 bits per heavy atom. The van der Waals surface area contributed by atoms with Crippen LogP contribution >= 0.6 is 0 Å². The van der Waals surface area contributed by atoms with Crippen LogP contribution in [0.3, 0.4) is 0 Å². The van der Waals surface area contributed by atoms with Crippen LogP contribution in [-0.2, 0) is 11.2 Å². The molecular weight excluding hydrogens is 338 g/mol. The lowest BCUT2D eigenvalue weighted by atomic mass is 10.0. The molecular formula is C21H19N5O. The van der Waals surface area contributed by atoms with Gasteiger partial charge in [-0.2, -0.15) is 4.68 Å².